The number of rotatable bonds is 4. The van der Waals surface area contributed by atoms with E-state index in [0.29, 0.717) is 29.7 Å². The molecule has 0 radical (unpaired) electrons. The number of hydrogen-bond acceptors (Lipinski definition) is 4. The fraction of sp³-hybridized carbons (Fsp3) is 0.308. The van der Waals surface area contributed by atoms with Gasteiger partial charge in [-0.1, -0.05) is 55.8 Å². The normalized spacial score (nSPS) is 21.2. The van der Waals surface area contributed by atoms with Crippen LogP contribution in [0.15, 0.2) is 71.1 Å². The number of ketones is 1. The van der Waals surface area contributed by atoms with E-state index in [0.717, 1.165) is 11.3 Å². The van der Waals surface area contributed by atoms with Gasteiger partial charge in [0.15, 0.2) is 5.78 Å². The number of hydrogen-bond donors (Lipinski definition) is 3. The number of carbonyl (C=O) groups excluding carboxylic acids is 1. The average Bonchev–Trinajstić information content (AvgIpc) is 2.72. The summed E-state index contributed by atoms with van der Waals surface area (Å²) in [5.74, 6) is -1.77. The summed E-state index contributed by atoms with van der Waals surface area (Å²) in [5, 5.41) is 23.5. The summed E-state index contributed by atoms with van der Waals surface area (Å²) in [5.41, 5.74) is 5.01. The number of phenols is 1. The van der Waals surface area contributed by atoms with E-state index >= 15 is 0 Å². The van der Waals surface area contributed by atoms with E-state index in [1.165, 1.54) is 5.56 Å². The summed E-state index contributed by atoms with van der Waals surface area (Å²) in [6, 6.07) is 14.8. The molecule has 5 nitrogen and oxygen atoms in total. The molecule has 0 saturated heterocycles. The highest BCUT2D eigenvalue weighted by Crippen LogP contribution is 2.46. The molecule has 1 aliphatic carbocycles. The second-order valence-corrected chi connectivity index (χ2v) is 8.77. The molecule has 2 aromatic carbocycles. The van der Waals surface area contributed by atoms with Gasteiger partial charge < -0.3 is 15.5 Å². The average molecular weight is 418 g/mol. The van der Waals surface area contributed by atoms with Gasteiger partial charge in [-0.15, -0.1) is 0 Å². The van der Waals surface area contributed by atoms with Crippen LogP contribution in [0.2, 0.25) is 0 Å². The predicted molar refractivity (Wildman–Crippen MR) is 119 cm³/mol. The zero-order valence-corrected chi connectivity index (χ0v) is 18.0. The zero-order chi connectivity index (χ0) is 22.3. The third kappa shape index (κ3) is 3.88. The van der Waals surface area contributed by atoms with Crippen LogP contribution >= 0.6 is 0 Å². The van der Waals surface area contributed by atoms with Crippen molar-refractivity contribution in [3.8, 4) is 5.75 Å². The molecule has 0 amide bonds. The molecular formula is C26H27NO4. The molecule has 2 aliphatic rings. The lowest BCUT2D eigenvalue weighted by Crippen LogP contribution is -2.37. The van der Waals surface area contributed by atoms with Gasteiger partial charge in [-0.25, -0.2) is 4.79 Å². The van der Waals surface area contributed by atoms with Gasteiger partial charge in [-0.3, -0.25) is 4.79 Å². The number of phenolic OH excluding ortho intramolecular Hbond substituents is 1. The third-order valence-corrected chi connectivity index (χ3v) is 6.22. The first-order valence-corrected chi connectivity index (χ1v) is 10.6. The van der Waals surface area contributed by atoms with E-state index < -0.39 is 11.9 Å². The first-order chi connectivity index (χ1) is 14.8. The van der Waals surface area contributed by atoms with Crippen LogP contribution < -0.4 is 5.32 Å². The van der Waals surface area contributed by atoms with Crippen molar-refractivity contribution >= 4 is 11.8 Å². The van der Waals surface area contributed by atoms with E-state index in [2.05, 4.69) is 29.6 Å². The summed E-state index contributed by atoms with van der Waals surface area (Å²) in [7, 11) is 0. The molecule has 2 unspecified atom stereocenters. The van der Waals surface area contributed by atoms with E-state index in [-0.39, 0.29) is 28.9 Å². The molecule has 4 rings (SSSR count). The van der Waals surface area contributed by atoms with Crippen molar-refractivity contribution in [2.75, 3.05) is 0 Å². The van der Waals surface area contributed by atoms with Crippen LogP contribution in [0.4, 0.5) is 0 Å². The Kier molecular flexibility index (Phi) is 5.44. The number of dihydropyridines is 1. The van der Waals surface area contributed by atoms with Crippen LogP contribution in [-0.2, 0) is 9.59 Å². The summed E-state index contributed by atoms with van der Waals surface area (Å²) in [6.07, 6.45) is 0.978. The van der Waals surface area contributed by atoms with Crippen molar-refractivity contribution in [1.82, 2.24) is 5.32 Å². The van der Waals surface area contributed by atoms with Gasteiger partial charge in [0.1, 0.15) is 5.75 Å². The molecule has 0 bridgehead atoms. The Bertz CT molecular complexity index is 1110. The van der Waals surface area contributed by atoms with Crippen molar-refractivity contribution in [2.45, 2.75) is 45.4 Å². The fourth-order valence-corrected chi connectivity index (χ4v) is 4.72. The quantitative estimate of drug-likeness (QED) is 0.666. The number of Topliss-reactive ketones (excluding diaryl/α,β-unsaturated/α-hetero) is 1. The number of allylic oxidation sites excluding steroid dienone is 3. The Balaban J connectivity index is 1.85. The van der Waals surface area contributed by atoms with E-state index in [4.69, 9.17) is 0 Å². The van der Waals surface area contributed by atoms with E-state index in [9.17, 15) is 19.8 Å². The second-order valence-electron chi connectivity index (χ2n) is 8.77. The zero-order valence-electron chi connectivity index (χ0n) is 18.0. The second kappa shape index (κ2) is 8.06. The van der Waals surface area contributed by atoms with Crippen LogP contribution in [-0.4, -0.2) is 22.0 Å². The first-order valence-electron chi connectivity index (χ1n) is 10.6. The predicted octanol–water partition coefficient (Wildman–Crippen LogP) is 4.78. The van der Waals surface area contributed by atoms with Crippen molar-refractivity contribution in [2.24, 2.45) is 5.92 Å². The molecule has 3 N–H and O–H groups in total. The Morgan fingerprint density at radius 3 is 2.39 bits per heavy atom. The standard InChI is InChI=1S/C26H27NO4/c1-14(2)25-24(26(30)31)22(17-5-4-6-19(28)11-17)23-20(27-25)12-18(13-21(23)29)16-9-7-15(3)8-10-16/h4-11,14,18,22,27-28H,12-13H2,1-3H3,(H,30,31). The summed E-state index contributed by atoms with van der Waals surface area (Å²) >= 11 is 0. The number of aromatic hydroxyl groups is 1. The minimum Gasteiger partial charge on any atom is -0.508 e. The highest BCUT2D eigenvalue weighted by molar-refractivity contribution is 6.04. The molecule has 0 saturated carbocycles. The number of benzene rings is 2. The molecular weight excluding hydrogens is 390 g/mol. The van der Waals surface area contributed by atoms with Crippen LogP contribution in [0.5, 0.6) is 5.75 Å². The maximum atomic E-state index is 13.4. The molecule has 2 atom stereocenters. The molecule has 0 spiro atoms. The van der Waals surface area contributed by atoms with Gasteiger partial charge >= 0.3 is 5.97 Å². The highest BCUT2D eigenvalue weighted by atomic mass is 16.4. The number of aryl methyl sites for hydroxylation is 1. The van der Waals surface area contributed by atoms with Crippen molar-refractivity contribution < 1.29 is 19.8 Å². The van der Waals surface area contributed by atoms with Gasteiger partial charge in [-0.05, 0) is 48.4 Å². The van der Waals surface area contributed by atoms with Crippen LogP contribution in [0.1, 0.15) is 55.2 Å². The van der Waals surface area contributed by atoms with Gasteiger partial charge in [0, 0.05) is 29.3 Å². The topological polar surface area (TPSA) is 86.6 Å². The lowest BCUT2D eigenvalue weighted by atomic mass is 9.71. The lowest BCUT2D eigenvalue weighted by Gasteiger charge is -2.38. The van der Waals surface area contributed by atoms with Gasteiger partial charge in [-0.2, -0.15) is 0 Å². The molecule has 0 fully saturated rings. The van der Waals surface area contributed by atoms with Crippen LogP contribution in [0.3, 0.4) is 0 Å². The number of carboxylic acid groups (broad SMARTS) is 1. The van der Waals surface area contributed by atoms with Crippen LogP contribution in [0.25, 0.3) is 0 Å². The Labute approximate surface area is 182 Å². The molecule has 160 valence electrons. The Hall–Kier alpha value is -3.34. The maximum absolute atomic E-state index is 13.4. The molecule has 0 aromatic heterocycles. The Morgan fingerprint density at radius 1 is 1.06 bits per heavy atom. The van der Waals surface area contributed by atoms with E-state index in [1.807, 2.05) is 20.8 Å². The van der Waals surface area contributed by atoms with Crippen molar-refractivity contribution in [3.05, 3.63) is 87.8 Å². The lowest BCUT2D eigenvalue weighted by molar-refractivity contribution is -0.133. The molecule has 2 aromatic rings. The summed E-state index contributed by atoms with van der Waals surface area (Å²) in [6.45, 7) is 5.92. The number of nitrogens with one attached hydrogen (secondary N) is 1. The highest BCUT2D eigenvalue weighted by Gasteiger charge is 2.42. The molecule has 31 heavy (non-hydrogen) atoms. The molecule has 1 heterocycles. The number of aliphatic carboxylic acids is 1. The van der Waals surface area contributed by atoms with Crippen molar-refractivity contribution in [3.63, 3.8) is 0 Å². The largest absolute Gasteiger partial charge is 0.508 e. The minimum atomic E-state index is -1.05. The number of carbonyl (C=O) groups is 2. The van der Waals surface area contributed by atoms with E-state index in [1.54, 1.807) is 24.3 Å². The third-order valence-electron chi connectivity index (χ3n) is 6.22. The summed E-state index contributed by atoms with van der Waals surface area (Å²) in [4.78, 5) is 25.8. The summed E-state index contributed by atoms with van der Waals surface area (Å²) < 4.78 is 0. The fourth-order valence-electron chi connectivity index (χ4n) is 4.72. The first kappa shape index (κ1) is 20.9. The van der Waals surface area contributed by atoms with Crippen molar-refractivity contribution in [1.29, 1.82) is 0 Å². The van der Waals surface area contributed by atoms with Gasteiger partial charge in [0.2, 0.25) is 0 Å². The Morgan fingerprint density at radius 2 is 1.77 bits per heavy atom. The van der Waals surface area contributed by atoms with Gasteiger partial charge in [0.05, 0.1) is 5.57 Å². The van der Waals surface area contributed by atoms with Gasteiger partial charge in [0.25, 0.3) is 0 Å². The molecule has 5 heteroatoms. The number of carboxylic acids is 1. The SMILES string of the molecule is Cc1ccc(C2CC(=O)C3=C(C2)NC(C(C)C)=C(C(=O)O)C3c2cccc(O)c2)cc1. The smallest absolute Gasteiger partial charge is 0.334 e. The van der Waals surface area contributed by atoms with Crippen LogP contribution in [0, 0.1) is 12.8 Å². The molecule has 1 aliphatic heterocycles. The monoisotopic (exact) mass is 417 g/mol. The maximum Gasteiger partial charge on any atom is 0.334 e. The minimum absolute atomic E-state index is 0.0453.